The van der Waals surface area contributed by atoms with E-state index < -0.39 is 5.82 Å². The average molecular weight is 326 g/mol. The molecule has 21 heavy (non-hydrogen) atoms. The topological polar surface area (TPSA) is 21.3 Å². The van der Waals surface area contributed by atoms with Crippen LogP contribution in [0.15, 0.2) is 36.4 Å². The third-order valence-corrected chi connectivity index (χ3v) is 3.84. The first kappa shape index (κ1) is 14.6. The molecule has 0 spiro atoms. The zero-order chi connectivity index (χ0) is 14.8. The van der Waals surface area contributed by atoms with Crippen molar-refractivity contribution in [3.8, 4) is 11.5 Å². The molecule has 0 amide bonds. The van der Waals surface area contributed by atoms with Crippen LogP contribution in [0.4, 0.5) is 4.39 Å². The fourth-order valence-electron chi connectivity index (χ4n) is 2.01. The molecule has 1 fully saturated rings. The lowest BCUT2D eigenvalue weighted by atomic mass is 10.2. The van der Waals surface area contributed by atoms with E-state index in [0.29, 0.717) is 23.4 Å². The van der Waals surface area contributed by atoms with Crippen molar-refractivity contribution in [3.63, 3.8) is 0 Å². The zero-order valence-electron chi connectivity index (χ0n) is 11.2. The second-order valence-corrected chi connectivity index (χ2v) is 5.90. The second kappa shape index (κ2) is 6.22. The van der Waals surface area contributed by atoms with Gasteiger partial charge in [-0.3, -0.25) is 0 Å². The first-order chi connectivity index (χ1) is 10.1. The molecule has 2 aromatic rings. The molecular formula is C16H14Cl2FNO. The first-order valence-electron chi connectivity index (χ1n) is 6.77. The molecule has 5 heteroatoms. The Morgan fingerprint density at radius 1 is 1.14 bits per heavy atom. The van der Waals surface area contributed by atoms with Crippen LogP contribution in [0.25, 0.3) is 0 Å². The largest absolute Gasteiger partial charge is 0.454 e. The van der Waals surface area contributed by atoms with Gasteiger partial charge in [-0.1, -0.05) is 29.3 Å². The summed E-state index contributed by atoms with van der Waals surface area (Å²) < 4.78 is 19.6. The van der Waals surface area contributed by atoms with E-state index in [4.69, 9.17) is 27.9 Å². The van der Waals surface area contributed by atoms with Crippen LogP contribution in [0.2, 0.25) is 10.0 Å². The maximum atomic E-state index is 13.9. The van der Waals surface area contributed by atoms with Crippen molar-refractivity contribution in [1.82, 2.24) is 5.32 Å². The summed E-state index contributed by atoms with van der Waals surface area (Å²) in [6.45, 7) is 0.642. The number of benzene rings is 2. The predicted molar refractivity (Wildman–Crippen MR) is 82.8 cm³/mol. The van der Waals surface area contributed by atoms with Crippen molar-refractivity contribution in [1.29, 1.82) is 0 Å². The minimum atomic E-state index is -0.560. The van der Waals surface area contributed by atoms with Gasteiger partial charge < -0.3 is 10.1 Å². The number of rotatable bonds is 5. The van der Waals surface area contributed by atoms with Crippen LogP contribution in [0.1, 0.15) is 18.4 Å². The van der Waals surface area contributed by atoms with Crippen LogP contribution in [0.5, 0.6) is 11.5 Å². The van der Waals surface area contributed by atoms with Gasteiger partial charge in [-0.05, 0) is 43.2 Å². The van der Waals surface area contributed by atoms with Crippen LogP contribution >= 0.6 is 23.2 Å². The summed E-state index contributed by atoms with van der Waals surface area (Å²) in [6.07, 6.45) is 2.39. The Labute approximate surface area is 132 Å². The Bertz CT molecular complexity index is 659. The Morgan fingerprint density at radius 3 is 2.71 bits per heavy atom. The van der Waals surface area contributed by atoms with Gasteiger partial charge in [0.2, 0.25) is 0 Å². The fourth-order valence-corrected chi connectivity index (χ4v) is 2.37. The predicted octanol–water partition coefficient (Wildman–Crippen LogP) is 5.18. The lowest BCUT2D eigenvalue weighted by Crippen LogP contribution is -2.15. The highest BCUT2D eigenvalue weighted by molar-refractivity contribution is 6.31. The van der Waals surface area contributed by atoms with Gasteiger partial charge in [0.05, 0.1) is 5.02 Å². The maximum Gasteiger partial charge on any atom is 0.184 e. The Balaban J connectivity index is 1.84. The third-order valence-electron chi connectivity index (χ3n) is 3.32. The van der Waals surface area contributed by atoms with Gasteiger partial charge in [0.15, 0.2) is 11.6 Å². The molecule has 1 saturated carbocycles. The Kier molecular flexibility index (Phi) is 4.34. The highest BCUT2D eigenvalue weighted by atomic mass is 35.5. The van der Waals surface area contributed by atoms with Gasteiger partial charge in [0.25, 0.3) is 0 Å². The monoisotopic (exact) mass is 325 g/mol. The van der Waals surface area contributed by atoms with Crippen LogP contribution in [0, 0.1) is 5.82 Å². The summed E-state index contributed by atoms with van der Waals surface area (Å²) in [5.41, 5.74) is 0.897. The highest BCUT2D eigenvalue weighted by Gasteiger charge is 2.21. The van der Waals surface area contributed by atoms with Crippen molar-refractivity contribution < 1.29 is 9.13 Å². The molecular weight excluding hydrogens is 312 g/mol. The van der Waals surface area contributed by atoms with Crippen LogP contribution in [-0.2, 0) is 6.54 Å². The molecule has 0 aromatic heterocycles. The van der Waals surface area contributed by atoms with Crippen molar-refractivity contribution in [3.05, 3.63) is 57.8 Å². The molecule has 3 rings (SSSR count). The molecule has 1 N–H and O–H groups in total. The van der Waals surface area contributed by atoms with E-state index in [9.17, 15) is 4.39 Å². The van der Waals surface area contributed by atoms with Crippen LogP contribution in [0.3, 0.4) is 0 Å². The minimum absolute atomic E-state index is 0.0409. The summed E-state index contributed by atoms with van der Waals surface area (Å²) in [5.74, 6) is 0.126. The van der Waals surface area contributed by atoms with E-state index in [1.165, 1.54) is 18.9 Å². The van der Waals surface area contributed by atoms with Gasteiger partial charge in [-0.15, -0.1) is 0 Å². The normalized spacial score (nSPS) is 14.2. The number of nitrogens with one attached hydrogen (secondary N) is 1. The molecule has 0 radical (unpaired) electrons. The molecule has 0 bridgehead atoms. The van der Waals surface area contributed by atoms with E-state index in [0.717, 1.165) is 5.56 Å². The van der Waals surface area contributed by atoms with Gasteiger partial charge in [0.1, 0.15) is 5.75 Å². The van der Waals surface area contributed by atoms with E-state index >= 15 is 0 Å². The lowest BCUT2D eigenvalue weighted by molar-refractivity contribution is 0.436. The molecule has 2 nitrogen and oxygen atoms in total. The maximum absolute atomic E-state index is 13.9. The molecule has 1 aliphatic carbocycles. The molecule has 0 atom stereocenters. The standard InChI is InChI=1S/C16H14Cl2FNO/c17-11-4-7-14(10(8-11)9-20-12-5-6-12)21-15-3-1-2-13(18)16(15)19/h1-4,7-8,12,20H,5-6,9H2. The quantitative estimate of drug-likeness (QED) is 0.818. The fraction of sp³-hybridized carbons (Fsp3) is 0.250. The number of hydrogen-bond donors (Lipinski definition) is 1. The van der Waals surface area contributed by atoms with E-state index in [2.05, 4.69) is 5.32 Å². The molecule has 2 aromatic carbocycles. The van der Waals surface area contributed by atoms with Crippen molar-refractivity contribution in [2.24, 2.45) is 0 Å². The van der Waals surface area contributed by atoms with Gasteiger partial charge >= 0.3 is 0 Å². The van der Waals surface area contributed by atoms with Gasteiger partial charge in [-0.25, -0.2) is 4.39 Å². The Morgan fingerprint density at radius 2 is 1.95 bits per heavy atom. The Hall–Kier alpha value is -1.29. The summed E-state index contributed by atoms with van der Waals surface area (Å²) in [7, 11) is 0. The van der Waals surface area contributed by atoms with Crippen LogP contribution in [-0.4, -0.2) is 6.04 Å². The summed E-state index contributed by atoms with van der Waals surface area (Å²) in [4.78, 5) is 0. The average Bonchev–Trinajstić information content (AvgIpc) is 3.28. The van der Waals surface area contributed by atoms with Crippen molar-refractivity contribution >= 4 is 23.2 Å². The van der Waals surface area contributed by atoms with Crippen molar-refractivity contribution in [2.45, 2.75) is 25.4 Å². The molecule has 0 saturated heterocycles. The SMILES string of the molecule is Fc1c(Cl)cccc1Oc1ccc(Cl)cc1CNC1CC1. The van der Waals surface area contributed by atoms with Gasteiger partial charge in [0, 0.05) is 23.2 Å². The van der Waals surface area contributed by atoms with E-state index in [-0.39, 0.29) is 10.8 Å². The molecule has 0 heterocycles. The second-order valence-electron chi connectivity index (χ2n) is 5.06. The summed E-state index contributed by atoms with van der Waals surface area (Å²) in [5, 5.41) is 4.06. The van der Waals surface area contributed by atoms with E-state index in [1.54, 1.807) is 24.3 Å². The molecule has 110 valence electrons. The number of hydrogen-bond acceptors (Lipinski definition) is 2. The zero-order valence-corrected chi connectivity index (χ0v) is 12.7. The molecule has 1 aliphatic rings. The minimum Gasteiger partial charge on any atom is -0.454 e. The highest BCUT2D eigenvalue weighted by Crippen LogP contribution is 2.32. The first-order valence-corrected chi connectivity index (χ1v) is 7.53. The molecule has 0 unspecified atom stereocenters. The van der Waals surface area contributed by atoms with Crippen LogP contribution < -0.4 is 10.1 Å². The molecule has 0 aliphatic heterocycles. The third kappa shape index (κ3) is 3.67. The lowest BCUT2D eigenvalue weighted by Gasteiger charge is -2.13. The van der Waals surface area contributed by atoms with Crippen molar-refractivity contribution in [2.75, 3.05) is 0 Å². The number of halogens is 3. The summed E-state index contributed by atoms with van der Waals surface area (Å²) >= 11 is 11.8. The summed E-state index contributed by atoms with van der Waals surface area (Å²) in [6, 6.07) is 10.6. The van der Waals surface area contributed by atoms with Gasteiger partial charge in [-0.2, -0.15) is 0 Å². The number of ether oxygens (including phenoxy) is 1. The smallest absolute Gasteiger partial charge is 0.184 e. The van der Waals surface area contributed by atoms with E-state index in [1.807, 2.05) is 6.07 Å².